The van der Waals surface area contributed by atoms with Gasteiger partial charge in [0.2, 0.25) is 11.8 Å². The molecule has 9 rings (SSSR count). The third-order valence-corrected chi connectivity index (χ3v) is 12.7. The number of halogens is 5. The number of imide groups is 2. The van der Waals surface area contributed by atoms with Crippen LogP contribution < -0.4 is 10.3 Å². The molecule has 0 unspecified atom stereocenters. The van der Waals surface area contributed by atoms with Gasteiger partial charge in [0, 0.05) is 34.7 Å². The maximum absolute atomic E-state index is 15.5. The number of rotatable bonds is 6. The highest BCUT2D eigenvalue weighted by molar-refractivity contribution is 6.33. The van der Waals surface area contributed by atoms with Crippen molar-refractivity contribution in [1.82, 2.24) is 9.99 Å². The highest BCUT2D eigenvalue weighted by Gasteiger charge is 2.70. The van der Waals surface area contributed by atoms with Gasteiger partial charge in [-0.2, -0.15) is 18.2 Å². The van der Waals surface area contributed by atoms with Crippen molar-refractivity contribution in [2.75, 3.05) is 10.3 Å². The van der Waals surface area contributed by atoms with E-state index in [2.05, 4.69) is 10.4 Å². The van der Waals surface area contributed by atoms with Crippen LogP contribution in [0.2, 0.25) is 10.0 Å². The van der Waals surface area contributed by atoms with Crippen LogP contribution in [0.3, 0.4) is 0 Å². The zero-order valence-electron chi connectivity index (χ0n) is 30.2. The van der Waals surface area contributed by atoms with Gasteiger partial charge >= 0.3 is 6.18 Å². The van der Waals surface area contributed by atoms with E-state index in [4.69, 9.17) is 23.2 Å². The van der Waals surface area contributed by atoms with E-state index in [0.29, 0.717) is 49.8 Å². The van der Waals surface area contributed by atoms with E-state index in [9.17, 15) is 38.0 Å². The average molecular weight is 843 g/mol. The van der Waals surface area contributed by atoms with Crippen LogP contribution in [0.4, 0.5) is 30.4 Å². The molecule has 5 aromatic rings. The third kappa shape index (κ3) is 5.69. The van der Waals surface area contributed by atoms with Crippen molar-refractivity contribution >= 4 is 74.8 Å². The number of carbonyl (C=O) groups is 4. The van der Waals surface area contributed by atoms with Gasteiger partial charge in [-0.15, -0.1) is 0 Å². The van der Waals surface area contributed by atoms with Crippen LogP contribution in [-0.2, 0) is 30.8 Å². The Morgan fingerprint density at radius 2 is 1.58 bits per heavy atom. The number of hydrogen-bond acceptors (Lipinski definition) is 9. The zero-order valence-corrected chi connectivity index (χ0v) is 31.7. The number of hydrazine groups is 1. The molecule has 4 aliphatic rings. The maximum Gasteiger partial charge on any atom is 0.417 e. The summed E-state index contributed by atoms with van der Waals surface area (Å²) in [7, 11) is 0. The monoisotopic (exact) mass is 841 g/mol. The van der Waals surface area contributed by atoms with E-state index in [0.717, 1.165) is 4.90 Å². The number of alkyl halides is 3. The van der Waals surface area contributed by atoms with Crippen LogP contribution >= 0.6 is 23.2 Å². The van der Waals surface area contributed by atoms with E-state index < -0.39 is 86.1 Å². The summed E-state index contributed by atoms with van der Waals surface area (Å²) in [6.07, 6.45) is -2.47. The summed E-state index contributed by atoms with van der Waals surface area (Å²) in [5.41, 5.74) is 1.04. The standard InChI is InChI=1S/C42H28Cl2F3N5O7/c43-22-7-5-20(6-8-22)41-31(38(55)51(40(41)57)49-36-32(44)17-21(19-48-36)42(45,46)47)18-30-28(35(41)27-15-16-33(53)26-4-2-1-3-25(26)27)13-14-29-34(30)39(56)50(37(29)54)23-9-11-24(12-10-23)52(58)59/h1-13,15-17,19,29-31,34-35,53H,14,18H2,(H,48,49)/t29-,30+,31-,34-,35-,41+/m0/s1. The number of fused-ring (bicyclic) bond motifs is 5. The number of aromatic nitrogens is 1. The number of amides is 4. The smallest absolute Gasteiger partial charge is 0.417 e. The lowest BCUT2D eigenvalue weighted by atomic mass is 9.49. The van der Waals surface area contributed by atoms with E-state index in [1.807, 2.05) is 6.08 Å². The average Bonchev–Trinajstić information content (AvgIpc) is 3.59. The second-order valence-electron chi connectivity index (χ2n) is 14.9. The van der Waals surface area contributed by atoms with Gasteiger partial charge in [-0.1, -0.05) is 77.3 Å². The van der Waals surface area contributed by atoms with Gasteiger partial charge in [0.1, 0.15) is 5.75 Å². The first-order valence-electron chi connectivity index (χ1n) is 18.3. The number of benzene rings is 4. The van der Waals surface area contributed by atoms with E-state index in [-0.39, 0.29) is 30.0 Å². The molecular formula is C42H28Cl2F3N5O7. The van der Waals surface area contributed by atoms with Crippen molar-refractivity contribution in [1.29, 1.82) is 0 Å². The fourth-order valence-corrected chi connectivity index (χ4v) is 10.00. The molecule has 0 bridgehead atoms. The summed E-state index contributed by atoms with van der Waals surface area (Å²) >= 11 is 12.7. The molecule has 4 amide bonds. The molecular weight excluding hydrogens is 814 g/mol. The Morgan fingerprint density at radius 3 is 2.24 bits per heavy atom. The van der Waals surface area contributed by atoms with Gasteiger partial charge in [-0.25, -0.2) is 4.98 Å². The lowest BCUT2D eigenvalue weighted by molar-refractivity contribution is -0.384. The lowest BCUT2D eigenvalue weighted by Gasteiger charge is -2.51. The molecule has 12 nitrogen and oxygen atoms in total. The fraction of sp³-hybridized carbons (Fsp3) is 0.214. The first-order chi connectivity index (χ1) is 28.1. The molecule has 1 aromatic heterocycles. The normalized spacial score (nSPS) is 25.2. The quantitative estimate of drug-likeness (QED) is 0.0740. The van der Waals surface area contributed by atoms with Crippen molar-refractivity contribution in [3.05, 3.63) is 146 Å². The number of phenols is 1. The van der Waals surface area contributed by atoms with Crippen molar-refractivity contribution in [3.8, 4) is 5.75 Å². The predicted molar refractivity (Wildman–Crippen MR) is 208 cm³/mol. The Balaban J connectivity index is 1.24. The van der Waals surface area contributed by atoms with Gasteiger partial charge in [-0.3, -0.25) is 39.6 Å². The highest BCUT2D eigenvalue weighted by Crippen LogP contribution is 2.65. The summed E-state index contributed by atoms with van der Waals surface area (Å²) < 4.78 is 40.7. The second-order valence-corrected chi connectivity index (χ2v) is 15.8. The summed E-state index contributed by atoms with van der Waals surface area (Å²) in [6, 6.07) is 22.1. The Morgan fingerprint density at radius 1 is 0.881 bits per heavy atom. The summed E-state index contributed by atoms with van der Waals surface area (Å²) in [5.74, 6) is -8.12. The molecule has 0 spiro atoms. The maximum atomic E-state index is 15.5. The first-order valence-corrected chi connectivity index (χ1v) is 19.0. The molecule has 3 fully saturated rings. The van der Waals surface area contributed by atoms with Gasteiger partial charge < -0.3 is 5.11 Å². The zero-order chi connectivity index (χ0) is 41.7. The number of nitro benzene ring substituents is 1. The number of nitrogens with one attached hydrogen (secondary N) is 1. The molecule has 298 valence electrons. The largest absolute Gasteiger partial charge is 0.507 e. The molecule has 1 saturated carbocycles. The molecule has 2 N–H and O–H groups in total. The number of pyridine rings is 1. The Bertz CT molecular complexity index is 2690. The number of allylic oxidation sites excluding steroid dienone is 2. The number of aromatic hydroxyl groups is 1. The highest BCUT2D eigenvalue weighted by atomic mass is 35.5. The van der Waals surface area contributed by atoms with Gasteiger partial charge in [0.25, 0.3) is 17.5 Å². The van der Waals surface area contributed by atoms with Gasteiger partial charge in [0.15, 0.2) is 5.82 Å². The topological polar surface area (TPSA) is 163 Å². The molecule has 6 atom stereocenters. The minimum absolute atomic E-state index is 0.0538. The minimum Gasteiger partial charge on any atom is -0.507 e. The van der Waals surface area contributed by atoms with E-state index in [1.54, 1.807) is 54.6 Å². The van der Waals surface area contributed by atoms with Crippen molar-refractivity contribution in [3.63, 3.8) is 0 Å². The van der Waals surface area contributed by atoms with Gasteiger partial charge in [0.05, 0.1) is 44.4 Å². The second kappa shape index (κ2) is 13.6. The number of phenolic OH excluding ortho intramolecular Hbond substituents is 1. The molecule has 4 aromatic carbocycles. The Labute approximate surface area is 342 Å². The van der Waals surface area contributed by atoms with Crippen LogP contribution in [0.15, 0.2) is 109 Å². The molecule has 0 radical (unpaired) electrons. The van der Waals surface area contributed by atoms with Crippen LogP contribution in [-0.4, -0.2) is 43.7 Å². The summed E-state index contributed by atoms with van der Waals surface area (Å²) in [4.78, 5) is 74.9. The summed E-state index contributed by atoms with van der Waals surface area (Å²) in [6.45, 7) is 0. The lowest BCUT2D eigenvalue weighted by Crippen LogP contribution is -2.53. The van der Waals surface area contributed by atoms with E-state index >= 15 is 9.59 Å². The van der Waals surface area contributed by atoms with Crippen LogP contribution in [0.5, 0.6) is 5.75 Å². The number of nitrogens with zero attached hydrogens (tertiary/aromatic N) is 4. The number of nitro groups is 1. The van der Waals surface area contributed by atoms with Crippen LogP contribution in [0.1, 0.15) is 35.4 Å². The Hall–Kier alpha value is -6.32. The third-order valence-electron chi connectivity index (χ3n) is 12.1. The van der Waals surface area contributed by atoms with Crippen molar-refractivity contribution in [2.45, 2.75) is 30.4 Å². The van der Waals surface area contributed by atoms with E-state index in [1.165, 1.54) is 30.3 Å². The minimum atomic E-state index is -4.78. The number of non-ortho nitro benzene ring substituents is 1. The van der Waals surface area contributed by atoms with Crippen molar-refractivity contribution < 1.29 is 42.4 Å². The molecule has 2 aliphatic carbocycles. The number of hydrogen-bond donors (Lipinski definition) is 2. The van der Waals surface area contributed by atoms with Gasteiger partial charge in [-0.05, 0) is 71.7 Å². The molecule has 2 saturated heterocycles. The summed E-state index contributed by atoms with van der Waals surface area (Å²) in [5, 5.41) is 23.9. The molecule has 2 aliphatic heterocycles. The van der Waals surface area contributed by atoms with Crippen LogP contribution in [0.25, 0.3) is 10.8 Å². The fourth-order valence-electron chi connectivity index (χ4n) is 9.66. The number of carbonyl (C=O) groups excluding carboxylic acids is 4. The van der Waals surface area contributed by atoms with Crippen molar-refractivity contribution in [2.24, 2.45) is 23.7 Å². The number of anilines is 2. The molecule has 3 heterocycles. The molecule has 17 heteroatoms. The first kappa shape index (κ1) is 38.2. The van der Waals surface area contributed by atoms with Crippen LogP contribution in [0, 0.1) is 33.8 Å². The SMILES string of the molecule is O=C1[C@@H]2C[C@@H]3C(=CC[C@@H]4C(=O)N(c5ccc([N+](=O)[O-])cc5)C(=O)[C@@H]43)[C@H](c3ccc(O)c4ccccc34)[C@]2(c2ccc(Cl)cc2)C(=O)N1Nc1ncc(C(F)(F)F)cc1Cl. The molecule has 59 heavy (non-hydrogen) atoms. The predicted octanol–water partition coefficient (Wildman–Crippen LogP) is 8.36. The Kier molecular flexibility index (Phi) is 8.83.